The number of hydrogen-bond donors (Lipinski definition) is 1. The lowest BCUT2D eigenvalue weighted by atomic mass is 10.1. The summed E-state index contributed by atoms with van der Waals surface area (Å²) in [4.78, 5) is 29.2. The van der Waals surface area contributed by atoms with Crippen LogP contribution in [-0.4, -0.2) is 44.5 Å². The second-order valence-corrected chi connectivity index (χ2v) is 6.42. The summed E-state index contributed by atoms with van der Waals surface area (Å²) in [7, 11) is 3.06. The number of hydrogen-bond acceptors (Lipinski definition) is 7. The van der Waals surface area contributed by atoms with Crippen molar-refractivity contribution in [1.82, 2.24) is 5.32 Å². The molecular formula is C21H21FN2O6. The lowest BCUT2D eigenvalue weighted by Gasteiger charge is -2.11. The van der Waals surface area contributed by atoms with E-state index < -0.39 is 30.4 Å². The summed E-state index contributed by atoms with van der Waals surface area (Å²) in [5, 5.41) is 6.46. The largest absolute Gasteiger partial charge is 0.493 e. The van der Waals surface area contributed by atoms with Crippen LogP contribution in [-0.2, 0) is 25.7 Å². The van der Waals surface area contributed by atoms with E-state index in [0.29, 0.717) is 22.8 Å². The smallest absolute Gasteiger partial charge is 0.351 e. The molecule has 0 saturated heterocycles. The summed E-state index contributed by atoms with van der Waals surface area (Å²) < 4.78 is 28.7. The number of carbonyl (C=O) groups excluding carboxylic acids is 2. The molecule has 1 atom stereocenters. The Morgan fingerprint density at radius 1 is 1.17 bits per heavy atom. The number of carbonyl (C=O) groups is 2. The fourth-order valence-electron chi connectivity index (χ4n) is 2.81. The summed E-state index contributed by atoms with van der Waals surface area (Å²) in [5.74, 6) is -0.470. The number of methoxy groups -OCH3 is 2. The third-order valence-corrected chi connectivity index (χ3v) is 4.37. The first kappa shape index (κ1) is 21.1. The molecule has 0 bridgehead atoms. The molecule has 3 rings (SSSR count). The minimum atomic E-state index is -0.970. The van der Waals surface area contributed by atoms with E-state index in [1.165, 1.54) is 26.4 Å². The number of nitrogens with zero attached hydrogens (tertiary/aromatic N) is 1. The molecule has 0 saturated carbocycles. The van der Waals surface area contributed by atoms with E-state index in [9.17, 15) is 14.0 Å². The molecule has 0 radical (unpaired) electrons. The number of halogens is 1. The average molecular weight is 416 g/mol. The maximum absolute atomic E-state index is 13.3. The zero-order valence-corrected chi connectivity index (χ0v) is 16.5. The Morgan fingerprint density at radius 2 is 1.97 bits per heavy atom. The van der Waals surface area contributed by atoms with E-state index in [-0.39, 0.29) is 13.0 Å². The topological polar surface area (TPSA) is 95.5 Å². The van der Waals surface area contributed by atoms with Crippen LogP contribution in [0.5, 0.6) is 11.5 Å². The third kappa shape index (κ3) is 5.25. The zero-order valence-electron chi connectivity index (χ0n) is 16.5. The van der Waals surface area contributed by atoms with Crippen molar-refractivity contribution in [2.24, 2.45) is 5.16 Å². The second-order valence-electron chi connectivity index (χ2n) is 6.42. The number of esters is 1. The molecule has 0 spiro atoms. The van der Waals surface area contributed by atoms with Crippen molar-refractivity contribution >= 4 is 17.6 Å². The molecule has 1 unspecified atom stereocenters. The fourth-order valence-corrected chi connectivity index (χ4v) is 2.81. The molecule has 1 N–H and O–H groups in total. The fraction of sp³-hybridized carbons (Fsp3) is 0.286. The van der Waals surface area contributed by atoms with Crippen LogP contribution >= 0.6 is 0 Å². The average Bonchev–Trinajstić information content (AvgIpc) is 3.26. The van der Waals surface area contributed by atoms with Crippen molar-refractivity contribution in [3.8, 4) is 11.5 Å². The summed E-state index contributed by atoms with van der Waals surface area (Å²) in [6, 6.07) is 11.1. The Bertz CT molecular complexity index is 962. The van der Waals surface area contributed by atoms with Crippen LogP contribution in [0.2, 0.25) is 0 Å². The van der Waals surface area contributed by atoms with Gasteiger partial charge in [0, 0.05) is 18.5 Å². The number of nitrogens with one attached hydrogen (secondary N) is 1. The van der Waals surface area contributed by atoms with Crippen LogP contribution in [0, 0.1) is 5.82 Å². The lowest BCUT2D eigenvalue weighted by Crippen LogP contribution is -2.31. The van der Waals surface area contributed by atoms with Crippen LogP contribution in [0.3, 0.4) is 0 Å². The molecule has 30 heavy (non-hydrogen) atoms. The standard InChI is InChI=1S/C21H21FN2O6/c1-27-17-7-6-13(8-18(17)28-2)11-23-20(25)12-29-21(26)19-10-16(24-30-19)14-4-3-5-15(22)9-14/h3-9,19H,10-12H2,1-2H3,(H,23,25). The molecule has 9 heteroatoms. The summed E-state index contributed by atoms with van der Waals surface area (Å²) in [5.41, 5.74) is 1.76. The Kier molecular flexibility index (Phi) is 6.84. The van der Waals surface area contributed by atoms with Crippen molar-refractivity contribution < 1.29 is 33.0 Å². The van der Waals surface area contributed by atoms with Crippen molar-refractivity contribution in [2.45, 2.75) is 19.1 Å². The van der Waals surface area contributed by atoms with Crippen LogP contribution in [0.1, 0.15) is 17.5 Å². The molecule has 8 nitrogen and oxygen atoms in total. The number of ether oxygens (including phenoxy) is 3. The number of rotatable bonds is 8. The predicted octanol–water partition coefficient (Wildman–Crippen LogP) is 2.20. The van der Waals surface area contributed by atoms with E-state index >= 15 is 0 Å². The summed E-state index contributed by atoms with van der Waals surface area (Å²) >= 11 is 0. The Hall–Kier alpha value is -3.62. The van der Waals surface area contributed by atoms with Crippen LogP contribution < -0.4 is 14.8 Å². The summed E-state index contributed by atoms with van der Waals surface area (Å²) in [6.07, 6.45) is -0.836. The Labute approximate surface area is 172 Å². The first-order chi connectivity index (χ1) is 14.5. The molecule has 2 aromatic carbocycles. The van der Waals surface area contributed by atoms with Crippen molar-refractivity contribution in [1.29, 1.82) is 0 Å². The molecular weight excluding hydrogens is 395 g/mol. The van der Waals surface area contributed by atoms with Gasteiger partial charge in [0.15, 0.2) is 18.1 Å². The maximum Gasteiger partial charge on any atom is 0.351 e. The molecule has 0 aliphatic carbocycles. The van der Waals surface area contributed by atoms with Crippen LogP contribution in [0.25, 0.3) is 0 Å². The van der Waals surface area contributed by atoms with E-state index in [2.05, 4.69) is 10.5 Å². The molecule has 0 fully saturated rings. The van der Waals surface area contributed by atoms with Gasteiger partial charge in [-0.3, -0.25) is 4.79 Å². The lowest BCUT2D eigenvalue weighted by molar-refractivity contribution is -0.158. The van der Waals surface area contributed by atoms with Gasteiger partial charge in [-0.2, -0.15) is 0 Å². The highest BCUT2D eigenvalue weighted by molar-refractivity contribution is 6.03. The predicted molar refractivity (Wildman–Crippen MR) is 105 cm³/mol. The molecule has 1 aliphatic rings. The normalized spacial score (nSPS) is 15.0. The molecule has 2 aromatic rings. The molecule has 158 valence electrons. The van der Waals surface area contributed by atoms with Crippen LogP contribution in [0.15, 0.2) is 47.6 Å². The van der Waals surface area contributed by atoms with Gasteiger partial charge in [-0.05, 0) is 29.8 Å². The van der Waals surface area contributed by atoms with Gasteiger partial charge in [-0.1, -0.05) is 23.4 Å². The molecule has 1 aliphatic heterocycles. The van der Waals surface area contributed by atoms with Gasteiger partial charge in [-0.25, -0.2) is 9.18 Å². The highest BCUT2D eigenvalue weighted by Gasteiger charge is 2.30. The Morgan fingerprint density at radius 3 is 2.70 bits per heavy atom. The summed E-state index contributed by atoms with van der Waals surface area (Å²) in [6.45, 7) is -0.231. The van der Waals surface area contributed by atoms with E-state index in [0.717, 1.165) is 5.56 Å². The van der Waals surface area contributed by atoms with Crippen molar-refractivity contribution in [2.75, 3.05) is 20.8 Å². The Balaban J connectivity index is 1.43. The van der Waals surface area contributed by atoms with E-state index in [1.54, 1.807) is 30.3 Å². The van der Waals surface area contributed by atoms with Gasteiger partial charge >= 0.3 is 5.97 Å². The van der Waals surface area contributed by atoms with Gasteiger partial charge in [0.05, 0.1) is 19.9 Å². The number of benzene rings is 2. The van der Waals surface area contributed by atoms with Crippen molar-refractivity contribution in [3.05, 3.63) is 59.4 Å². The third-order valence-electron chi connectivity index (χ3n) is 4.37. The van der Waals surface area contributed by atoms with Crippen molar-refractivity contribution in [3.63, 3.8) is 0 Å². The van der Waals surface area contributed by atoms with Gasteiger partial charge in [-0.15, -0.1) is 0 Å². The molecule has 1 amide bonds. The minimum Gasteiger partial charge on any atom is -0.493 e. The second kappa shape index (κ2) is 9.73. The van der Waals surface area contributed by atoms with Gasteiger partial charge in [0.2, 0.25) is 6.10 Å². The monoisotopic (exact) mass is 416 g/mol. The van der Waals surface area contributed by atoms with Gasteiger partial charge < -0.3 is 24.4 Å². The quantitative estimate of drug-likeness (QED) is 0.663. The van der Waals surface area contributed by atoms with E-state index in [1.807, 2.05) is 0 Å². The molecule has 1 heterocycles. The SMILES string of the molecule is COc1ccc(CNC(=O)COC(=O)C2CC(c3cccc(F)c3)=NO2)cc1OC. The first-order valence-electron chi connectivity index (χ1n) is 9.13. The molecule has 0 aromatic heterocycles. The maximum atomic E-state index is 13.3. The highest BCUT2D eigenvalue weighted by atomic mass is 19.1. The highest BCUT2D eigenvalue weighted by Crippen LogP contribution is 2.27. The number of oxime groups is 1. The first-order valence-corrected chi connectivity index (χ1v) is 9.13. The minimum absolute atomic E-state index is 0.134. The zero-order chi connectivity index (χ0) is 21.5. The van der Waals surface area contributed by atoms with Gasteiger partial charge in [0.25, 0.3) is 5.91 Å². The van der Waals surface area contributed by atoms with Crippen LogP contribution in [0.4, 0.5) is 4.39 Å². The van der Waals surface area contributed by atoms with Gasteiger partial charge in [0.1, 0.15) is 5.82 Å². The van der Waals surface area contributed by atoms with E-state index in [4.69, 9.17) is 19.0 Å². The number of amides is 1.